The molecule has 3 amide bonds. The Bertz CT molecular complexity index is 1620. The first kappa shape index (κ1) is 32.7. The van der Waals surface area contributed by atoms with Gasteiger partial charge in [-0.25, -0.2) is 14.6 Å². The molecular weight excluding hydrogens is 568 g/mol. The highest BCUT2D eigenvalue weighted by molar-refractivity contribution is 6.08. The fourth-order valence-corrected chi connectivity index (χ4v) is 4.44. The quantitative estimate of drug-likeness (QED) is 0.208. The standard InChI is InChI=1S/C36H40N4O5/c1-35(2,3)44-33(42)39-31-18-12-15-26(37-31)23-24-40(34(43)45-36(4,5)6)28-21-19-27(20-22-28)38-32(41)30-17-11-10-16-29(30)25-13-8-7-9-14-25/h7-22H,23-24H2,1-6H3,(H,38,41)(H,37,39,42). The van der Waals surface area contributed by atoms with Gasteiger partial charge in [-0.3, -0.25) is 15.0 Å². The minimum absolute atomic E-state index is 0.239. The normalized spacial score (nSPS) is 11.3. The monoisotopic (exact) mass is 608 g/mol. The molecule has 0 aliphatic carbocycles. The molecular formula is C36H40N4O5. The van der Waals surface area contributed by atoms with Gasteiger partial charge in [0, 0.05) is 35.6 Å². The summed E-state index contributed by atoms with van der Waals surface area (Å²) >= 11 is 0. The van der Waals surface area contributed by atoms with E-state index >= 15 is 0 Å². The van der Waals surface area contributed by atoms with Gasteiger partial charge in [0.2, 0.25) is 0 Å². The van der Waals surface area contributed by atoms with Gasteiger partial charge in [0.1, 0.15) is 17.0 Å². The molecule has 4 aromatic rings. The Labute approximate surface area is 264 Å². The number of hydrogen-bond acceptors (Lipinski definition) is 6. The maximum absolute atomic E-state index is 13.3. The summed E-state index contributed by atoms with van der Waals surface area (Å²) in [5.74, 6) is 0.108. The molecule has 0 saturated heterocycles. The molecule has 0 bridgehead atoms. The zero-order valence-electron chi connectivity index (χ0n) is 26.6. The van der Waals surface area contributed by atoms with Crippen LogP contribution in [0, 0.1) is 0 Å². The predicted octanol–water partition coefficient (Wildman–Crippen LogP) is 8.33. The summed E-state index contributed by atoms with van der Waals surface area (Å²) in [5, 5.41) is 5.61. The van der Waals surface area contributed by atoms with Gasteiger partial charge >= 0.3 is 12.2 Å². The smallest absolute Gasteiger partial charge is 0.414 e. The molecule has 3 aromatic carbocycles. The van der Waals surface area contributed by atoms with E-state index in [0.29, 0.717) is 34.9 Å². The van der Waals surface area contributed by atoms with Crippen LogP contribution >= 0.6 is 0 Å². The molecule has 1 heterocycles. The van der Waals surface area contributed by atoms with Crippen LogP contribution in [0.2, 0.25) is 0 Å². The van der Waals surface area contributed by atoms with Gasteiger partial charge in [-0.15, -0.1) is 0 Å². The SMILES string of the molecule is CC(C)(C)OC(=O)Nc1cccc(CCN(C(=O)OC(C)(C)C)c2ccc(NC(=O)c3ccccc3-c3ccccc3)cc2)n1. The minimum Gasteiger partial charge on any atom is -0.444 e. The molecule has 234 valence electrons. The highest BCUT2D eigenvalue weighted by atomic mass is 16.6. The molecule has 0 aliphatic heterocycles. The Hall–Kier alpha value is -5.18. The second-order valence-corrected chi connectivity index (χ2v) is 12.4. The van der Waals surface area contributed by atoms with Gasteiger partial charge in [0.15, 0.2) is 0 Å². The number of rotatable bonds is 8. The summed E-state index contributed by atoms with van der Waals surface area (Å²) in [7, 11) is 0. The van der Waals surface area contributed by atoms with Crippen LogP contribution in [-0.4, -0.2) is 40.8 Å². The van der Waals surface area contributed by atoms with Crippen molar-refractivity contribution in [2.75, 3.05) is 22.1 Å². The van der Waals surface area contributed by atoms with Crippen molar-refractivity contribution in [3.8, 4) is 11.1 Å². The fourth-order valence-electron chi connectivity index (χ4n) is 4.44. The number of nitrogens with one attached hydrogen (secondary N) is 2. The number of nitrogens with zero attached hydrogens (tertiary/aromatic N) is 2. The number of ether oxygens (including phenoxy) is 2. The second-order valence-electron chi connectivity index (χ2n) is 12.4. The lowest BCUT2D eigenvalue weighted by Gasteiger charge is -2.27. The molecule has 0 aliphatic rings. The van der Waals surface area contributed by atoms with E-state index in [0.717, 1.165) is 11.1 Å². The van der Waals surface area contributed by atoms with Gasteiger partial charge in [-0.2, -0.15) is 0 Å². The van der Waals surface area contributed by atoms with Crippen molar-refractivity contribution in [3.05, 3.63) is 108 Å². The number of benzene rings is 3. The predicted molar refractivity (Wildman–Crippen MR) is 178 cm³/mol. The highest BCUT2D eigenvalue weighted by Crippen LogP contribution is 2.26. The van der Waals surface area contributed by atoms with Gasteiger partial charge in [-0.05, 0) is 95.1 Å². The fraction of sp³-hybridized carbons (Fsp3) is 0.278. The van der Waals surface area contributed by atoms with E-state index in [-0.39, 0.29) is 12.5 Å². The van der Waals surface area contributed by atoms with Gasteiger partial charge in [0.05, 0.1) is 0 Å². The van der Waals surface area contributed by atoms with E-state index < -0.39 is 23.4 Å². The molecule has 0 saturated carbocycles. The van der Waals surface area contributed by atoms with E-state index in [9.17, 15) is 14.4 Å². The average Bonchev–Trinajstić information content (AvgIpc) is 2.97. The van der Waals surface area contributed by atoms with E-state index in [1.165, 1.54) is 4.90 Å². The molecule has 9 heteroatoms. The molecule has 0 unspecified atom stereocenters. The van der Waals surface area contributed by atoms with Crippen molar-refractivity contribution in [3.63, 3.8) is 0 Å². The minimum atomic E-state index is -0.703. The molecule has 4 rings (SSSR count). The number of hydrogen-bond donors (Lipinski definition) is 2. The summed E-state index contributed by atoms with van der Waals surface area (Å²) in [5.41, 5.74) is 2.84. The van der Waals surface area contributed by atoms with Crippen LogP contribution in [0.15, 0.2) is 97.1 Å². The van der Waals surface area contributed by atoms with Gasteiger partial charge in [0.25, 0.3) is 5.91 Å². The molecule has 0 fully saturated rings. The number of carbonyl (C=O) groups excluding carboxylic acids is 3. The number of amides is 3. The molecule has 2 N–H and O–H groups in total. The van der Waals surface area contributed by atoms with E-state index in [1.807, 2.05) is 75.4 Å². The van der Waals surface area contributed by atoms with Crippen LogP contribution in [0.4, 0.5) is 26.8 Å². The second kappa shape index (κ2) is 14.1. The number of aromatic nitrogens is 1. The van der Waals surface area contributed by atoms with Crippen LogP contribution in [-0.2, 0) is 15.9 Å². The number of anilines is 3. The molecule has 1 aromatic heterocycles. The van der Waals surface area contributed by atoms with Gasteiger partial charge < -0.3 is 14.8 Å². The zero-order valence-corrected chi connectivity index (χ0v) is 26.6. The topological polar surface area (TPSA) is 110 Å². The number of pyridine rings is 1. The number of carbonyl (C=O) groups is 3. The van der Waals surface area contributed by atoms with Crippen molar-refractivity contribution < 1.29 is 23.9 Å². The molecule has 0 radical (unpaired) electrons. The molecule has 9 nitrogen and oxygen atoms in total. The Morgan fingerprint density at radius 2 is 1.36 bits per heavy atom. The summed E-state index contributed by atoms with van der Waals surface area (Å²) < 4.78 is 11.0. The van der Waals surface area contributed by atoms with Crippen molar-refractivity contribution >= 4 is 35.3 Å². The Balaban J connectivity index is 1.49. The first-order valence-corrected chi connectivity index (χ1v) is 14.8. The van der Waals surface area contributed by atoms with E-state index in [2.05, 4.69) is 15.6 Å². The first-order valence-electron chi connectivity index (χ1n) is 14.8. The third-order valence-electron chi connectivity index (χ3n) is 6.33. The lowest BCUT2D eigenvalue weighted by Crippen LogP contribution is -2.38. The van der Waals surface area contributed by atoms with Crippen LogP contribution in [0.3, 0.4) is 0 Å². The first-order chi connectivity index (χ1) is 21.3. The lowest BCUT2D eigenvalue weighted by atomic mass is 9.99. The zero-order chi connectivity index (χ0) is 32.6. The van der Waals surface area contributed by atoms with E-state index in [1.54, 1.807) is 63.2 Å². The maximum atomic E-state index is 13.3. The molecule has 45 heavy (non-hydrogen) atoms. The summed E-state index contributed by atoms with van der Waals surface area (Å²) in [6.07, 6.45) is -0.727. The largest absolute Gasteiger partial charge is 0.444 e. The highest BCUT2D eigenvalue weighted by Gasteiger charge is 2.24. The summed E-state index contributed by atoms with van der Waals surface area (Å²) in [4.78, 5) is 44.8. The Morgan fingerprint density at radius 1 is 0.711 bits per heavy atom. The Morgan fingerprint density at radius 3 is 2.02 bits per heavy atom. The summed E-state index contributed by atoms with van der Waals surface area (Å²) in [6.45, 7) is 11.0. The van der Waals surface area contributed by atoms with Crippen molar-refractivity contribution in [2.45, 2.75) is 59.2 Å². The lowest BCUT2D eigenvalue weighted by molar-refractivity contribution is 0.0578. The third kappa shape index (κ3) is 9.92. The average molecular weight is 609 g/mol. The summed E-state index contributed by atoms with van der Waals surface area (Å²) in [6, 6.07) is 29.5. The maximum Gasteiger partial charge on any atom is 0.414 e. The van der Waals surface area contributed by atoms with E-state index in [4.69, 9.17) is 9.47 Å². The van der Waals surface area contributed by atoms with Crippen molar-refractivity contribution in [1.82, 2.24) is 4.98 Å². The van der Waals surface area contributed by atoms with Crippen molar-refractivity contribution in [2.24, 2.45) is 0 Å². The van der Waals surface area contributed by atoms with Crippen molar-refractivity contribution in [1.29, 1.82) is 0 Å². The van der Waals surface area contributed by atoms with Crippen LogP contribution in [0.1, 0.15) is 57.6 Å². The molecule has 0 atom stereocenters. The van der Waals surface area contributed by atoms with Crippen LogP contribution in [0.5, 0.6) is 0 Å². The Kier molecular flexibility index (Phi) is 10.2. The van der Waals surface area contributed by atoms with Gasteiger partial charge in [-0.1, -0.05) is 54.6 Å². The van der Waals surface area contributed by atoms with Crippen LogP contribution in [0.25, 0.3) is 11.1 Å². The molecule has 0 spiro atoms. The van der Waals surface area contributed by atoms with Crippen LogP contribution < -0.4 is 15.5 Å². The third-order valence-corrected chi connectivity index (χ3v) is 6.33.